The van der Waals surface area contributed by atoms with Crippen molar-refractivity contribution < 1.29 is 151 Å². The number of ketones is 1. The van der Waals surface area contributed by atoms with Gasteiger partial charge in [-0.15, -0.1) is 10.1 Å². The molecule has 6 heterocycles. The number of allylic oxidation sites excluding steroid dienone is 1. The van der Waals surface area contributed by atoms with Gasteiger partial charge in [0.25, 0.3) is 16.0 Å². The van der Waals surface area contributed by atoms with Crippen LogP contribution < -0.4 is 46.4 Å². The monoisotopic (exact) mass is 1970 g/mol. The van der Waals surface area contributed by atoms with Gasteiger partial charge in [0.05, 0.1) is 35.5 Å². The van der Waals surface area contributed by atoms with E-state index >= 15 is 0 Å². The van der Waals surface area contributed by atoms with Crippen molar-refractivity contribution in [2.75, 3.05) is 58.6 Å². The number of ether oxygens (including phenoxy) is 3. The molecule has 1 saturated heterocycles. The van der Waals surface area contributed by atoms with Crippen molar-refractivity contribution in [2.24, 2.45) is 0 Å². The van der Waals surface area contributed by atoms with E-state index in [1.165, 1.54) is 55.4 Å². The molecule has 0 bridgehead atoms. The molecule has 1 fully saturated rings. The first-order valence-electron chi connectivity index (χ1n) is 41.3. The minimum Gasteiger partial charge on any atom is -0.502 e. The van der Waals surface area contributed by atoms with E-state index in [4.69, 9.17) is 84.6 Å². The van der Waals surface area contributed by atoms with E-state index in [-0.39, 0.29) is 68.2 Å². The summed E-state index contributed by atoms with van der Waals surface area (Å²) in [6.07, 6.45) is 7.07. The molecule has 8 aromatic rings. The number of nitrogens with two attached hydrogens (primary N) is 1. The summed E-state index contributed by atoms with van der Waals surface area (Å²) in [5, 5.41) is 69.5. The fourth-order valence-corrected chi connectivity index (χ4v) is 13.2. The van der Waals surface area contributed by atoms with Gasteiger partial charge in [-0.2, -0.15) is 32.8 Å². The van der Waals surface area contributed by atoms with Gasteiger partial charge in [0.2, 0.25) is 0 Å². The van der Waals surface area contributed by atoms with Crippen LogP contribution in [0.15, 0.2) is 185 Å². The van der Waals surface area contributed by atoms with Crippen molar-refractivity contribution in [1.29, 1.82) is 0 Å². The number of nitrogen functional groups attached to an aromatic ring is 1. The number of benzene rings is 8. The van der Waals surface area contributed by atoms with E-state index in [0.29, 0.717) is 73.6 Å². The standard InChI is InChI=1S/C17H13BF4O3.C13H17BrO2.C9H21BO3.C8H8BNO4.C8H10BNO2.C8H9BO2.C8H9BrO.C8H3ClF4O.C5H8O.C4H9.Li.HNO3/c19-12-3-4-13(14(9-12)17(20,21)22)16(23)8-10-1-2-11-5-6-25-18(24)15(11)7-10;14-12-6-2-1-5-11(12)8-10-16-13-7-3-4-9-15-13;1-7(2)11-10(12-8(3)4)13-9(5)6;11-9-8-5-7(10(12)13)2-1-6(8)3-4-14-9;10-7-2-1-6-3-4-12-9(11)8(6)5-7;10-9-8-4-2-1-3-7(8)5-6-11-9;9-8-4-2-1-3-7(8)5-6-10;9-7(14)5-2-1-4(10)3-6(5)8(11,12)13;1-2-4-6-5-3-1;1-3-4-2;;2-1(3)4/h1-4,7,9,24H,5-6,8H2;1-2,5-6,13H,3-4,7-10H2;7-9H,1-6H3;1-2,5,11H,3-4H2;1-2,5,11H,3-4,10H2;1-4,10H,5-6H2;1-4,10H,5-6H2;1-3H;2,4H,1,3,5H2;1,3-4H2,2H3;;(H,2,3,4)/q;;;;;;;;;-1;+1;. The number of non-ortho nitro benzene ring substituents is 1. The molecule has 25 nitrogen and oxygen atoms in total. The molecule has 1 atom stereocenters. The molecule has 130 heavy (non-hydrogen) atoms. The molecule has 8 N–H and O–H groups in total. The zero-order valence-corrected chi connectivity index (χ0v) is 77.5. The molecular formula is C88H108B5Br2ClF8LiN3O22. The van der Waals surface area contributed by atoms with Crippen LogP contribution in [0.1, 0.15) is 164 Å². The van der Waals surface area contributed by atoms with Gasteiger partial charge in [-0.25, -0.2) is 8.78 Å². The van der Waals surface area contributed by atoms with Crippen molar-refractivity contribution in [1.82, 2.24) is 0 Å². The van der Waals surface area contributed by atoms with Crippen LogP contribution in [0.2, 0.25) is 0 Å². The number of hydrogen-bond donors (Lipinski definition) is 7. The normalized spacial score (nSPS) is 14.3. The Balaban J connectivity index is 0.000000379. The van der Waals surface area contributed by atoms with Crippen molar-refractivity contribution >= 4 is 124 Å². The number of anilines is 1. The number of hydrogen-bond acceptors (Lipinski definition) is 22. The van der Waals surface area contributed by atoms with Crippen LogP contribution in [-0.2, 0) is 104 Å². The minimum atomic E-state index is -4.83. The van der Waals surface area contributed by atoms with E-state index < -0.39 is 103 Å². The average Bonchev–Trinajstić information content (AvgIpc) is 0.798. The number of carbonyl (C=O) groups is 2. The second kappa shape index (κ2) is 62.6. The first-order valence-corrected chi connectivity index (χ1v) is 43.3. The van der Waals surface area contributed by atoms with Crippen LogP contribution in [0.25, 0.3) is 0 Å². The molecule has 0 radical (unpaired) electrons. The molecule has 0 spiro atoms. The van der Waals surface area contributed by atoms with Crippen LogP contribution in [0.4, 0.5) is 46.5 Å². The van der Waals surface area contributed by atoms with E-state index in [2.05, 4.69) is 63.9 Å². The molecule has 1 unspecified atom stereocenters. The number of unbranched alkanes of at least 4 members (excludes halogenated alkanes) is 1. The van der Waals surface area contributed by atoms with Crippen LogP contribution in [-0.4, -0.2) is 165 Å². The molecule has 0 amide bonds. The Morgan fingerprint density at radius 1 is 0.592 bits per heavy atom. The van der Waals surface area contributed by atoms with Crippen molar-refractivity contribution in [3.63, 3.8) is 0 Å². The summed E-state index contributed by atoms with van der Waals surface area (Å²) in [6, 6.07) is 42.6. The predicted molar refractivity (Wildman–Crippen MR) is 487 cm³/mol. The Bertz CT molecular complexity index is 4700. The second-order valence-corrected chi connectivity index (χ2v) is 31.4. The Morgan fingerprint density at radius 2 is 1.03 bits per heavy atom. The Morgan fingerprint density at radius 3 is 1.45 bits per heavy atom. The predicted octanol–water partition coefficient (Wildman–Crippen LogP) is 12.4. The summed E-state index contributed by atoms with van der Waals surface area (Å²) in [4.78, 5) is 41.2. The number of nitrogens with zero attached hydrogens (tertiary/aromatic N) is 2. The third kappa shape index (κ3) is 45.2. The summed E-state index contributed by atoms with van der Waals surface area (Å²) in [7, 11) is -4.19. The molecular weight excluding hydrogens is 1860 g/mol. The second-order valence-electron chi connectivity index (χ2n) is 29.4. The number of nitro benzene ring substituents is 1. The zero-order valence-electron chi connectivity index (χ0n) is 73.5. The van der Waals surface area contributed by atoms with Gasteiger partial charge in [-0.1, -0.05) is 136 Å². The van der Waals surface area contributed by atoms with Gasteiger partial charge >= 0.3 is 67.0 Å². The van der Waals surface area contributed by atoms with Crippen molar-refractivity contribution in [2.45, 2.75) is 175 Å². The first kappa shape index (κ1) is 116. The molecule has 42 heteroatoms. The summed E-state index contributed by atoms with van der Waals surface area (Å²) >= 11 is 11.8. The van der Waals surface area contributed by atoms with E-state index in [1.54, 1.807) is 36.6 Å². The Kier molecular flexibility index (Phi) is 55.9. The number of Topliss-reactive ketones (excluding diaryl/α,β-unsaturated/α-hetero) is 1. The van der Waals surface area contributed by atoms with Gasteiger partial charge < -0.3 is 89.9 Å². The third-order valence-electron chi connectivity index (χ3n) is 18.3. The van der Waals surface area contributed by atoms with Crippen LogP contribution >= 0.6 is 43.5 Å². The van der Waals surface area contributed by atoms with Gasteiger partial charge in [0.1, 0.15) is 11.6 Å². The molecule has 0 aromatic heterocycles. The average molecular weight is 1970 g/mol. The van der Waals surface area contributed by atoms with Crippen molar-refractivity contribution in [3.8, 4) is 0 Å². The SMILES string of the molecule is Brc1ccccc1CCOC1CCCCO1.C1=COCCC1.CC(C)OB(OC(C)C)OC(C)C.Nc1ccc2c(c1)B(O)OCC2.O=C(Cc1ccc2c(c1)B(O)OCC2)c1ccc(F)cc1C(F)(F)F.O=C(Cl)c1ccc(F)cc1C(F)(F)F.O=[N+]([O-])O.O=[N+]([O-])c1ccc2c(c1)B(O)OCC2.OB1OCCc2ccccc21.OCCc1ccccc1Br.[CH2-]CCC.[Li+]. The number of nitro groups is 1. The number of rotatable bonds is 18. The van der Waals surface area contributed by atoms with Gasteiger partial charge in [-0.05, 0) is 251 Å². The summed E-state index contributed by atoms with van der Waals surface area (Å²) in [6.45, 7) is 22.2. The van der Waals surface area contributed by atoms with E-state index in [9.17, 15) is 74.9 Å². The number of halogens is 11. The smallest absolute Gasteiger partial charge is 0.502 e. The molecule has 6 aliphatic rings. The molecule has 0 saturated carbocycles. The number of carbonyl (C=O) groups excluding carboxylic acids is 2. The van der Waals surface area contributed by atoms with Crippen molar-refractivity contribution in [3.05, 3.63) is 285 Å². The molecule has 0 aliphatic carbocycles. The summed E-state index contributed by atoms with van der Waals surface area (Å²) in [5.41, 5.74) is 12.0. The Labute approximate surface area is 788 Å². The van der Waals surface area contributed by atoms with Gasteiger partial charge in [-0.3, -0.25) is 19.7 Å². The van der Waals surface area contributed by atoms with Crippen LogP contribution in [0.3, 0.4) is 0 Å². The minimum absolute atomic E-state index is 0. The molecule has 700 valence electrons. The summed E-state index contributed by atoms with van der Waals surface area (Å²) < 4.78 is 156. The van der Waals surface area contributed by atoms with Gasteiger partial charge in [0, 0.05) is 102 Å². The maximum atomic E-state index is 13.1. The number of alkyl halides is 6. The van der Waals surface area contributed by atoms with Crippen LogP contribution in [0, 0.1) is 38.8 Å². The zero-order chi connectivity index (χ0) is 95.8. The van der Waals surface area contributed by atoms with E-state index in [0.717, 1.165) is 119 Å². The van der Waals surface area contributed by atoms with Crippen LogP contribution in [0.5, 0.6) is 0 Å². The number of aliphatic hydroxyl groups excluding tert-OH is 1. The summed E-state index contributed by atoms with van der Waals surface area (Å²) in [5.74, 6) is -2.91. The Hall–Kier alpha value is -7.91. The number of fused-ring (bicyclic) bond motifs is 4. The fourth-order valence-electron chi connectivity index (χ4n) is 12.0. The van der Waals surface area contributed by atoms with E-state index in [1.807, 2.05) is 114 Å². The molecule has 6 aliphatic heterocycles. The maximum absolute atomic E-state index is 13.1. The first-order chi connectivity index (χ1) is 61.2. The molecule has 8 aromatic carbocycles. The van der Waals surface area contributed by atoms with Gasteiger partial charge in [0.15, 0.2) is 12.1 Å². The quantitative estimate of drug-likeness (QED) is 0.00613. The molecule has 14 rings (SSSR count). The third-order valence-corrected chi connectivity index (χ3v) is 20.1. The number of aliphatic hydroxyl groups is 1. The maximum Gasteiger partial charge on any atom is 1.00 e. The fraction of sp³-hybridized carbons (Fsp3) is 0.398. The topological polar surface area (TPSA) is 360 Å². The largest absolute Gasteiger partial charge is 1.00 e.